The Balaban J connectivity index is 1.98. The van der Waals surface area contributed by atoms with Crippen LogP contribution >= 0.6 is 0 Å². The molecule has 0 aliphatic carbocycles. The van der Waals surface area contributed by atoms with E-state index in [2.05, 4.69) is 15.5 Å². The number of rotatable bonds is 3. The van der Waals surface area contributed by atoms with E-state index in [1.165, 1.54) is 41.1 Å². The third kappa shape index (κ3) is 3.51. The molecule has 0 fully saturated rings. The number of hydrogen-bond acceptors (Lipinski definition) is 5. The minimum Gasteiger partial charge on any atom is -0.225 e. The van der Waals surface area contributed by atoms with Crippen molar-refractivity contribution >= 4 is 10.0 Å². The normalized spacial score (nSPS) is 12.3. The highest BCUT2D eigenvalue weighted by molar-refractivity contribution is 7.89. The Kier molecular flexibility index (Phi) is 4.05. The summed E-state index contributed by atoms with van der Waals surface area (Å²) in [7, 11) is -3.84. The Bertz CT molecular complexity index is 996. The van der Waals surface area contributed by atoms with Gasteiger partial charge in [0.05, 0.1) is 16.1 Å². The maximum atomic E-state index is 12.6. The Morgan fingerprint density at radius 3 is 2.08 bits per heavy atom. The Morgan fingerprint density at radius 2 is 1.56 bits per heavy atom. The fourth-order valence-electron chi connectivity index (χ4n) is 2.13. The molecule has 0 saturated heterocycles. The second-order valence-electron chi connectivity index (χ2n) is 5.03. The van der Waals surface area contributed by atoms with E-state index in [9.17, 15) is 21.6 Å². The summed E-state index contributed by atoms with van der Waals surface area (Å²) in [6.07, 6.45) is -4.44. The molecule has 0 saturated carbocycles. The van der Waals surface area contributed by atoms with Gasteiger partial charge in [0.2, 0.25) is 10.0 Å². The maximum absolute atomic E-state index is 12.6. The summed E-state index contributed by atoms with van der Waals surface area (Å²) in [5, 5.41) is 16.1. The van der Waals surface area contributed by atoms with E-state index < -0.39 is 21.8 Å². The molecule has 1 aromatic heterocycles. The largest absolute Gasteiger partial charge is 0.416 e. The summed E-state index contributed by atoms with van der Waals surface area (Å²) in [5.74, 6) is 0.206. The average Bonchev–Trinajstić information content (AvgIpc) is 3.03. The van der Waals surface area contributed by atoms with Crippen molar-refractivity contribution in [3.05, 3.63) is 54.1 Å². The number of primary sulfonamides is 1. The van der Waals surface area contributed by atoms with Crippen molar-refractivity contribution < 1.29 is 21.6 Å². The highest BCUT2D eigenvalue weighted by atomic mass is 32.2. The number of aromatic nitrogens is 4. The second kappa shape index (κ2) is 5.93. The quantitative estimate of drug-likeness (QED) is 0.760. The number of alkyl halides is 3. The van der Waals surface area contributed by atoms with Crippen molar-refractivity contribution in [1.29, 1.82) is 0 Å². The predicted octanol–water partition coefficient (Wildman–Crippen LogP) is 2.00. The van der Waals surface area contributed by atoms with Gasteiger partial charge in [-0.3, -0.25) is 0 Å². The first-order chi connectivity index (χ1) is 11.7. The topological polar surface area (TPSA) is 104 Å². The lowest BCUT2D eigenvalue weighted by molar-refractivity contribution is -0.137. The third-order valence-electron chi connectivity index (χ3n) is 3.35. The summed E-state index contributed by atoms with van der Waals surface area (Å²) in [4.78, 5) is -0.0830. The van der Waals surface area contributed by atoms with Crippen LogP contribution in [0, 0.1) is 0 Å². The summed E-state index contributed by atoms with van der Waals surface area (Å²) in [6, 6.07) is 9.80. The van der Waals surface area contributed by atoms with Gasteiger partial charge in [0.15, 0.2) is 5.82 Å². The smallest absolute Gasteiger partial charge is 0.225 e. The summed E-state index contributed by atoms with van der Waals surface area (Å²) in [6.45, 7) is 0. The van der Waals surface area contributed by atoms with Crippen LogP contribution < -0.4 is 5.14 Å². The summed E-state index contributed by atoms with van der Waals surface area (Å²) in [5.41, 5.74) is 0.00796. The van der Waals surface area contributed by atoms with Crippen LogP contribution in [0.4, 0.5) is 13.2 Å². The first-order valence-corrected chi connectivity index (χ1v) is 8.30. The van der Waals surface area contributed by atoms with Gasteiger partial charge in [-0.25, -0.2) is 13.6 Å². The SMILES string of the molecule is NS(=O)(=O)c1ccc(-n2nnnc2-c2ccc(C(F)(F)F)cc2)cc1. The van der Waals surface area contributed by atoms with Gasteiger partial charge in [0.25, 0.3) is 0 Å². The first-order valence-electron chi connectivity index (χ1n) is 6.75. The number of hydrogen-bond donors (Lipinski definition) is 1. The molecule has 3 aromatic rings. The van der Waals surface area contributed by atoms with Crippen molar-refractivity contribution in [3.8, 4) is 17.1 Å². The molecule has 11 heteroatoms. The van der Waals surface area contributed by atoms with E-state index in [4.69, 9.17) is 5.14 Å². The minimum atomic E-state index is -4.44. The molecular weight excluding hydrogens is 359 g/mol. The van der Waals surface area contributed by atoms with Gasteiger partial charge in [-0.15, -0.1) is 5.10 Å². The maximum Gasteiger partial charge on any atom is 0.416 e. The number of nitrogens with two attached hydrogens (primary N) is 1. The molecule has 3 rings (SSSR count). The molecule has 0 bridgehead atoms. The number of halogens is 3. The molecule has 2 N–H and O–H groups in total. The van der Waals surface area contributed by atoms with Gasteiger partial charge >= 0.3 is 6.18 Å². The fraction of sp³-hybridized carbons (Fsp3) is 0.0714. The van der Waals surface area contributed by atoms with Gasteiger partial charge in [-0.2, -0.15) is 17.9 Å². The van der Waals surface area contributed by atoms with E-state index in [1.54, 1.807) is 0 Å². The van der Waals surface area contributed by atoms with E-state index in [0.29, 0.717) is 11.3 Å². The van der Waals surface area contributed by atoms with Crippen LogP contribution in [0.25, 0.3) is 17.1 Å². The first kappa shape index (κ1) is 17.0. The van der Waals surface area contributed by atoms with Crippen molar-refractivity contribution in [2.45, 2.75) is 11.1 Å². The van der Waals surface area contributed by atoms with Crippen LogP contribution in [-0.4, -0.2) is 28.6 Å². The summed E-state index contributed by atoms with van der Waals surface area (Å²) < 4.78 is 61.7. The van der Waals surface area contributed by atoms with E-state index in [0.717, 1.165) is 12.1 Å². The zero-order chi connectivity index (χ0) is 18.2. The number of tetrazole rings is 1. The van der Waals surface area contributed by atoms with Crippen LogP contribution in [0.3, 0.4) is 0 Å². The van der Waals surface area contributed by atoms with Crippen LogP contribution in [0.15, 0.2) is 53.4 Å². The van der Waals surface area contributed by atoms with Crippen LogP contribution in [0.5, 0.6) is 0 Å². The standard InChI is InChI=1S/C14H10F3N5O2S/c15-14(16,17)10-3-1-9(2-4-10)13-19-20-21-22(13)11-5-7-12(8-6-11)25(18,23)24/h1-8H,(H2,18,23,24). The van der Waals surface area contributed by atoms with Gasteiger partial charge in [0.1, 0.15) is 0 Å². The van der Waals surface area contributed by atoms with Crippen molar-refractivity contribution in [2.75, 3.05) is 0 Å². The molecule has 0 amide bonds. The molecule has 0 unspecified atom stereocenters. The molecule has 0 atom stereocenters. The molecule has 2 aromatic carbocycles. The lowest BCUT2D eigenvalue weighted by Crippen LogP contribution is -2.12. The molecule has 0 aliphatic rings. The van der Waals surface area contributed by atoms with Crippen molar-refractivity contribution in [3.63, 3.8) is 0 Å². The zero-order valence-electron chi connectivity index (χ0n) is 12.3. The Labute approximate surface area is 139 Å². The lowest BCUT2D eigenvalue weighted by Gasteiger charge is -2.08. The van der Waals surface area contributed by atoms with Crippen LogP contribution in [0.1, 0.15) is 5.56 Å². The average molecular weight is 369 g/mol. The molecule has 1 heterocycles. The van der Waals surface area contributed by atoms with Gasteiger partial charge in [-0.1, -0.05) is 12.1 Å². The molecular formula is C14H10F3N5O2S. The molecule has 25 heavy (non-hydrogen) atoms. The second-order valence-corrected chi connectivity index (χ2v) is 6.59. The van der Waals surface area contributed by atoms with E-state index in [1.807, 2.05) is 0 Å². The molecule has 130 valence electrons. The number of sulfonamides is 1. The molecule has 0 spiro atoms. The Hall–Kier alpha value is -2.79. The van der Waals surface area contributed by atoms with E-state index in [-0.39, 0.29) is 10.7 Å². The van der Waals surface area contributed by atoms with Gasteiger partial charge in [0, 0.05) is 5.56 Å². The highest BCUT2D eigenvalue weighted by Crippen LogP contribution is 2.30. The predicted molar refractivity (Wildman–Crippen MR) is 81.0 cm³/mol. The van der Waals surface area contributed by atoms with Crippen LogP contribution in [0.2, 0.25) is 0 Å². The van der Waals surface area contributed by atoms with E-state index >= 15 is 0 Å². The minimum absolute atomic E-state index is 0.0830. The molecule has 7 nitrogen and oxygen atoms in total. The zero-order valence-corrected chi connectivity index (χ0v) is 13.2. The highest BCUT2D eigenvalue weighted by Gasteiger charge is 2.30. The lowest BCUT2D eigenvalue weighted by atomic mass is 10.1. The van der Waals surface area contributed by atoms with Crippen molar-refractivity contribution in [1.82, 2.24) is 20.2 Å². The Morgan fingerprint density at radius 1 is 0.960 bits per heavy atom. The monoisotopic (exact) mass is 369 g/mol. The van der Waals surface area contributed by atoms with Crippen LogP contribution in [-0.2, 0) is 16.2 Å². The fourth-order valence-corrected chi connectivity index (χ4v) is 2.64. The molecule has 0 aliphatic heterocycles. The molecule has 0 radical (unpaired) electrons. The number of nitrogens with zero attached hydrogens (tertiary/aromatic N) is 4. The van der Waals surface area contributed by atoms with Gasteiger partial charge in [-0.05, 0) is 46.8 Å². The number of benzene rings is 2. The van der Waals surface area contributed by atoms with Crippen molar-refractivity contribution in [2.24, 2.45) is 5.14 Å². The third-order valence-corrected chi connectivity index (χ3v) is 4.28. The summed E-state index contributed by atoms with van der Waals surface area (Å²) >= 11 is 0. The van der Waals surface area contributed by atoms with Gasteiger partial charge < -0.3 is 0 Å².